The Morgan fingerprint density at radius 1 is 1.37 bits per heavy atom. The third-order valence-electron chi connectivity index (χ3n) is 2.57. The van der Waals surface area contributed by atoms with Gasteiger partial charge in [-0.15, -0.1) is 0 Å². The number of anilines is 1. The number of hydrogen-bond donors (Lipinski definition) is 1. The van der Waals surface area contributed by atoms with Gasteiger partial charge in [0.05, 0.1) is 0 Å². The monoisotopic (exact) mass is 259 g/mol. The number of benzene rings is 1. The number of alkyl halides is 1. The Hall–Kier alpha value is -2.16. The SMILES string of the molecule is C=C/C=C(\C=C/CF)C(=O)Nc1ccc(CC)cc1. The maximum Gasteiger partial charge on any atom is 0.255 e. The van der Waals surface area contributed by atoms with E-state index in [0.29, 0.717) is 11.3 Å². The lowest BCUT2D eigenvalue weighted by Crippen LogP contribution is -2.13. The van der Waals surface area contributed by atoms with Crippen molar-refractivity contribution in [2.45, 2.75) is 13.3 Å². The van der Waals surface area contributed by atoms with Crippen LogP contribution < -0.4 is 5.32 Å². The Morgan fingerprint density at radius 2 is 2.05 bits per heavy atom. The Morgan fingerprint density at radius 3 is 2.58 bits per heavy atom. The third kappa shape index (κ3) is 4.92. The number of carbonyl (C=O) groups is 1. The molecule has 0 unspecified atom stereocenters. The third-order valence-corrected chi connectivity index (χ3v) is 2.57. The van der Waals surface area contributed by atoms with E-state index in [2.05, 4.69) is 18.8 Å². The summed E-state index contributed by atoms with van der Waals surface area (Å²) in [7, 11) is 0. The van der Waals surface area contributed by atoms with Crippen LogP contribution in [0.4, 0.5) is 10.1 Å². The first-order valence-electron chi connectivity index (χ1n) is 6.16. The zero-order valence-electron chi connectivity index (χ0n) is 11.0. The summed E-state index contributed by atoms with van der Waals surface area (Å²) in [4.78, 5) is 12.0. The number of carbonyl (C=O) groups excluding carboxylic acids is 1. The van der Waals surface area contributed by atoms with Crippen LogP contribution >= 0.6 is 0 Å². The normalized spacial score (nSPS) is 11.6. The molecule has 0 radical (unpaired) electrons. The van der Waals surface area contributed by atoms with Gasteiger partial charge < -0.3 is 5.32 Å². The van der Waals surface area contributed by atoms with Crippen molar-refractivity contribution in [3.63, 3.8) is 0 Å². The van der Waals surface area contributed by atoms with E-state index in [1.165, 1.54) is 23.8 Å². The highest BCUT2D eigenvalue weighted by molar-refractivity contribution is 6.05. The smallest absolute Gasteiger partial charge is 0.255 e. The van der Waals surface area contributed by atoms with Crippen molar-refractivity contribution in [3.05, 3.63) is 66.3 Å². The molecule has 0 aromatic heterocycles. The molecule has 0 saturated carbocycles. The Balaban J connectivity index is 2.78. The van der Waals surface area contributed by atoms with Crippen LogP contribution in [0.5, 0.6) is 0 Å². The largest absolute Gasteiger partial charge is 0.322 e. The second-order valence-corrected chi connectivity index (χ2v) is 3.92. The van der Waals surface area contributed by atoms with Crippen molar-refractivity contribution < 1.29 is 9.18 Å². The molecular formula is C16H18FNO. The fourth-order valence-electron chi connectivity index (χ4n) is 1.53. The van der Waals surface area contributed by atoms with E-state index >= 15 is 0 Å². The lowest BCUT2D eigenvalue weighted by molar-refractivity contribution is -0.112. The quantitative estimate of drug-likeness (QED) is 0.610. The molecule has 1 amide bonds. The summed E-state index contributed by atoms with van der Waals surface area (Å²) in [5, 5.41) is 2.76. The molecule has 0 spiro atoms. The number of hydrogen-bond acceptors (Lipinski definition) is 1. The molecular weight excluding hydrogens is 241 g/mol. The van der Waals surface area contributed by atoms with E-state index in [1.807, 2.05) is 24.3 Å². The van der Waals surface area contributed by atoms with E-state index in [4.69, 9.17) is 0 Å². The standard InChI is InChI=1S/C16H18FNO/c1-3-6-14(7-5-12-17)16(19)18-15-10-8-13(4-2)9-11-15/h3,5-11H,1,4,12H2,2H3,(H,18,19)/b7-5-,14-6+. The minimum Gasteiger partial charge on any atom is -0.322 e. The predicted octanol–water partition coefficient (Wildman–Crippen LogP) is 3.83. The Bertz CT molecular complexity index is 486. The van der Waals surface area contributed by atoms with Gasteiger partial charge in [-0.1, -0.05) is 49.9 Å². The first kappa shape index (κ1) is 14.9. The minimum absolute atomic E-state index is 0.283. The van der Waals surface area contributed by atoms with Crippen LogP contribution in [0.25, 0.3) is 0 Å². The fourth-order valence-corrected chi connectivity index (χ4v) is 1.53. The molecule has 1 rings (SSSR count). The molecule has 0 aliphatic rings. The molecule has 0 aliphatic heterocycles. The zero-order valence-corrected chi connectivity index (χ0v) is 11.0. The predicted molar refractivity (Wildman–Crippen MR) is 77.8 cm³/mol. The number of halogens is 1. The van der Waals surface area contributed by atoms with Gasteiger partial charge in [-0.05, 0) is 24.1 Å². The van der Waals surface area contributed by atoms with Crippen molar-refractivity contribution in [3.8, 4) is 0 Å². The van der Waals surface area contributed by atoms with Crippen LogP contribution in [0.1, 0.15) is 12.5 Å². The van der Waals surface area contributed by atoms with Crippen molar-refractivity contribution >= 4 is 11.6 Å². The number of allylic oxidation sites excluding steroid dienone is 3. The van der Waals surface area contributed by atoms with E-state index in [0.717, 1.165) is 6.42 Å². The lowest BCUT2D eigenvalue weighted by Gasteiger charge is -2.06. The molecule has 19 heavy (non-hydrogen) atoms. The summed E-state index contributed by atoms with van der Waals surface area (Å²) in [6.45, 7) is 5.00. The topological polar surface area (TPSA) is 29.1 Å². The van der Waals surface area contributed by atoms with Gasteiger partial charge in [-0.25, -0.2) is 4.39 Å². The average molecular weight is 259 g/mol. The van der Waals surface area contributed by atoms with Crippen molar-refractivity contribution in [2.24, 2.45) is 0 Å². The molecule has 100 valence electrons. The summed E-state index contributed by atoms with van der Waals surface area (Å²) in [5.74, 6) is -0.283. The number of aryl methyl sites for hydroxylation is 1. The summed E-state index contributed by atoms with van der Waals surface area (Å²) in [6.07, 6.45) is 6.72. The average Bonchev–Trinajstić information content (AvgIpc) is 2.44. The van der Waals surface area contributed by atoms with Crippen molar-refractivity contribution in [1.82, 2.24) is 0 Å². The highest BCUT2D eigenvalue weighted by Crippen LogP contribution is 2.12. The summed E-state index contributed by atoms with van der Waals surface area (Å²) in [6, 6.07) is 7.62. The van der Waals surface area contributed by atoms with Crippen LogP contribution in [0, 0.1) is 0 Å². The fraction of sp³-hybridized carbons (Fsp3) is 0.188. The first-order chi connectivity index (χ1) is 9.21. The van der Waals surface area contributed by atoms with Gasteiger partial charge in [0.15, 0.2) is 0 Å². The number of amides is 1. The molecule has 0 saturated heterocycles. The van der Waals surface area contributed by atoms with Crippen LogP contribution in [0.15, 0.2) is 60.7 Å². The molecule has 1 aromatic carbocycles. The van der Waals surface area contributed by atoms with Gasteiger partial charge in [0.1, 0.15) is 6.67 Å². The van der Waals surface area contributed by atoms with Crippen molar-refractivity contribution in [1.29, 1.82) is 0 Å². The Labute approximate surface area is 113 Å². The summed E-state index contributed by atoms with van der Waals surface area (Å²) < 4.78 is 12.1. The van der Waals surface area contributed by atoms with Gasteiger partial charge in [0, 0.05) is 11.3 Å². The molecule has 0 atom stereocenters. The number of nitrogens with one attached hydrogen (secondary N) is 1. The molecule has 0 heterocycles. The van der Waals surface area contributed by atoms with Crippen molar-refractivity contribution in [2.75, 3.05) is 12.0 Å². The maximum absolute atomic E-state index is 12.1. The van der Waals surface area contributed by atoms with Gasteiger partial charge in [0.2, 0.25) is 0 Å². The number of rotatable bonds is 6. The highest BCUT2D eigenvalue weighted by atomic mass is 19.1. The van der Waals surface area contributed by atoms with E-state index in [-0.39, 0.29) is 5.91 Å². The van der Waals surface area contributed by atoms with Crippen LogP contribution in [-0.2, 0) is 11.2 Å². The van der Waals surface area contributed by atoms with Gasteiger partial charge in [0.25, 0.3) is 5.91 Å². The highest BCUT2D eigenvalue weighted by Gasteiger charge is 2.05. The van der Waals surface area contributed by atoms with Crippen LogP contribution in [0.2, 0.25) is 0 Å². The van der Waals surface area contributed by atoms with E-state index in [9.17, 15) is 9.18 Å². The van der Waals surface area contributed by atoms with Crippen LogP contribution in [-0.4, -0.2) is 12.6 Å². The second-order valence-electron chi connectivity index (χ2n) is 3.92. The van der Waals surface area contributed by atoms with E-state index < -0.39 is 6.67 Å². The van der Waals surface area contributed by atoms with Crippen LogP contribution in [0.3, 0.4) is 0 Å². The molecule has 0 bridgehead atoms. The lowest BCUT2D eigenvalue weighted by atomic mass is 10.1. The Kier molecular flexibility index (Phi) is 6.30. The molecule has 1 N–H and O–H groups in total. The van der Waals surface area contributed by atoms with Gasteiger partial charge >= 0.3 is 0 Å². The molecule has 3 heteroatoms. The van der Waals surface area contributed by atoms with Gasteiger partial charge in [-0.3, -0.25) is 4.79 Å². The minimum atomic E-state index is -0.604. The summed E-state index contributed by atoms with van der Waals surface area (Å²) in [5.41, 5.74) is 2.29. The maximum atomic E-state index is 12.1. The molecule has 1 aromatic rings. The second kappa shape index (κ2) is 8.03. The van der Waals surface area contributed by atoms with Gasteiger partial charge in [-0.2, -0.15) is 0 Å². The molecule has 0 fully saturated rings. The van der Waals surface area contributed by atoms with E-state index in [1.54, 1.807) is 6.08 Å². The molecule has 0 aliphatic carbocycles. The molecule has 2 nitrogen and oxygen atoms in total. The first-order valence-corrected chi connectivity index (χ1v) is 6.16. The zero-order chi connectivity index (χ0) is 14.1. The summed E-state index contributed by atoms with van der Waals surface area (Å²) >= 11 is 0.